The third-order valence-electron chi connectivity index (χ3n) is 2.70. The summed E-state index contributed by atoms with van der Waals surface area (Å²) in [6.45, 7) is 13.6. The summed E-state index contributed by atoms with van der Waals surface area (Å²) in [7, 11) is 0. The normalized spacial score (nSPS) is 17.5. The van der Waals surface area contributed by atoms with Crippen LogP contribution in [0.3, 0.4) is 0 Å². The first-order valence-electron chi connectivity index (χ1n) is 5.80. The molecule has 0 saturated carbocycles. The Kier molecular flexibility index (Phi) is 3.77. The van der Waals surface area contributed by atoms with Crippen LogP contribution < -0.4 is 5.32 Å². The van der Waals surface area contributed by atoms with E-state index in [1.807, 2.05) is 0 Å². The summed E-state index contributed by atoms with van der Waals surface area (Å²) in [5.74, 6) is 0.925. The third-order valence-corrected chi connectivity index (χ3v) is 2.70. The average molecular weight is 212 g/mol. The molecule has 1 aliphatic rings. The second kappa shape index (κ2) is 4.52. The van der Waals surface area contributed by atoms with Gasteiger partial charge in [-0.05, 0) is 26.8 Å². The first kappa shape index (κ1) is 12.5. The molecule has 0 radical (unpaired) electrons. The molecule has 1 aliphatic heterocycles. The number of ether oxygens (including phenoxy) is 1. The molecular formula is C12H24N2O. The Morgan fingerprint density at radius 2 is 2.00 bits per heavy atom. The lowest BCUT2D eigenvalue weighted by molar-refractivity contribution is 0.236. The fraction of sp³-hybridized carbons (Fsp3) is 0.917. The van der Waals surface area contributed by atoms with Gasteiger partial charge in [0.15, 0.2) is 5.90 Å². The van der Waals surface area contributed by atoms with Gasteiger partial charge in [-0.3, -0.25) is 4.99 Å². The Hall–Kier alpha value is -0.570. The van der Waals surface area contributed by atoms with Crippen molar-refractivity contribution in [3.8, 4) is 0 Å². The summed E-state index contributed by atoms with van der Waals surface area (Å²) in [5, 5.41) is 3.49. The number of nitrogens with one attached hydrogen (secondary N) is 1. The predicted octanol–water partition coefficient (Wildman–Crippen LogP) is 2.22. The molecule has 0 spiro atoms. The fourth-order valence-electron chi connectivity index (χ4n) is 2.47. The van der Waals surface area contributed by atoms with E-state index in [0.717, 1.165) is 32.0 Å². The number of rotatable bonds is 5. The fourth-order valence-corrected chi connectivity index (χ4v) is 2.47. The highest BCUT2D eigenvalue weighted by Gasteiger charge is 2.34. The molecule has 3 heteroatoms. The molecule has 0 aliphatic carbocycles. The molecule has 0 saturated heterocycles. The van der Waals surface area contributed by atoms with Crippen molar-refractivity contribution in [1.29, 1.82) is 0 Å². The molecule has 88 valence electrons. The third kappa shape index (κ3) is 3.49. The van der Waals surface area contributed by atoms with Gasteiger partial charge < -0.3 is 10.1 Å². The van der Waals surface area contributed by atoms with Crippen LogP contribution in [0.2, 0.25) is 0 Å². The number of nitrogens with zero attached hydrogens (tertiary/aromatic N) is 1. The Morgan fingerprint density at radius 3 is 2.47 bits per heavy atom. The van der Waals surface area contributed by atoms with Crippen LogP contribution in [0.25, 0.3) is 0 Å². The van der Waals surface area contributed by atoms with Gasteiger partial charge in [0.1, 0.15) is 6.61 Å². The highest BCUT2D eigenvalue weighted by molar-refractivity contribution is 5.83. The minimum atomic E-state index is 0.0299. The zero-order chi connectivity index (χ0) is 11.5. The van der Waals surface area contributed by atoms with Crippen molar-refractivity contribution in [2.24, 2.45) is 10.4 Å². The summed E-state index contributed by atoms with van der Waals surface area (Å²) in [4.78, 5) is 4.42. The monoisotopic (exact) mass is 212 g/mol. The molecule has 0 aromatic heterocycles. The van der Waals surface area contributed by atoms with Crippen LogP contribution in [0, 0.1) is 5.41 Å². The van der Waals surface area contributed by atoms with E-state index in [1.54, 1.807) is 0 Å². The standard InChI is InChI=1S/C12H24N2O/c1-6-14-12(4,5)9-11(2,3)10-13-7-8-15-10/h14H,6-9H2,1-5H3. The van der Waals surface area contributed by atoms with Gasteiger partial charge in [-0.15, -0.1) is 0 Å². The molecule has 1 rings (SSSR count). The van der Waals surface area contributed by atoms with Crippen molar-refractivity contribution in [1.82, 2.24) is 5.32 Å². The molecule has 1 N–H and O–H groups in total. The molecule has 0 unspecified atom stereocenters. The van der Waals surface area contributed by atoms with Gasteiger partial charge in [0.2, 0.25) is 0 Å². The molecule has 0 aromatic rings. The number of hydrogen-bond acceptors (Lipinski definition) is 3. The maximum absolute atomic E-state index is 5.56. The largest absolute Gasteiger partial charge is 0.479 e. The van der Waals surface area contributed by atoms with E-state index in [-0.39, 0.29) is 11.0 Å². The van der Waals surface area contributed by atoms with Crippen LogP contribution in [-0.2, 0) is 4.74 Å². The van der Waals surface area contributed by atoms with E-state index in [4.69, 9.17) is 4.74 Å². The van der Waals surface area contributed by atoms with Crippen molar-refractivity contribution in [2.75, 3.05) is 19.7 Å². The van der Waals surface area contributed by atoms with Crippen LogP contribution in [-0.4, -0.2) is 31.1 Å². The van der Waals surface area contributed by atoms with Gasteiger partial charge in [0.25, 0.3) is 0 Å². The van der Waals surface area contributed by atoms with Crippen molar-refractivity contribution in [2.45, 2.75) is 46.6 Å². The highest BCUT2D eigenvalue weighted by Crippen LogP contribution is 2.31. The molecule has 3 nitrogen and oxygen atoms in total. The Bertz CT molecular complexity index is 244. The average Bonchev–Trinajstić information content (AvgIpc) is 2.52. The van der Waals surface area contributed by atoms with Crippen molar-refractivity contribution >= 4 is 5.90 Å². The van der Waals surface area contributed by atoms with E-state index < -0.39 is 0 Å². The van der Waals surface area contributed by atoms with Crippen molar-refractivity contribution in [3.05, 3.63) is 0 Å². The second-order valence-electron chi connectivity index (χ2n) is 5.51. The molecule has 1 heterocycles. The van der Waals surface area contributed by atoms with E-state index >= 15 is 0 Å². The summed E-state index contributed by atoms with van der Waals surface area (Å²) >= 11 is 0. The van der Waals surface area contributed by atoms with Gasteiger partial charge in [-0.25, -0.2) is 0 Å². The van der Waals surface area contributed by atoms with Gasteiger partial charge in [0.05, 0.1) is 6.54 Å². The molecule has 15 heavy (non-hydrogen) atoms. The Labute approximate surface area is 93.3 Å². The molecule has 0 amide bonds. The van der Waals surface area contributed by atoms with Gasteiger partial charge in [0, 0.05) is 11.0 Å². The Balaban J connectivity index is 2.62. The summed E-state index contributed by atoms with van der Waals surface area (Å²) in [6, 6.07) is 0. The van der Waals surface area contributed by atoms with Gasteiger partial charge in [-0.1, -0.05) is 20.8 Å². The second-order valence-corrected chi connectivity index (χ2v) is 5.51. The smallest absolute Gasteiger partial charge is 0.189 e. The minimum absolute atomic E-state index is 0.0299. The number of hydrogen-bond donors (Lipinski definition) is 1. The van der Waals surface area contributed by atoms with E-state index in [9.17, 15) is 0 Å². The van der Waals surface area contributed by atoms with Gasteiger partial charge >= 0.3 is 0 Å². The quantitative estimate of drug-likeness (QED) is 0.758. The summed E-state index contributed by atoms with van der Waals surface area (Å²) < 4.78 is 5.56. The van der Waals surface area contributed by atoms with Gasteiger partial charge in [-0.2, -0.15) is 0 Å². The SMILES string of the molecule is CCNC(C)(C)CC(C)(C)C1=NCCO1. The lowest BCUT2D eigenvalue weighted by Gasteiger charge is -2.34. The molecule has 0 bridgehead atoms. The lowest BCUT2D eigenvalue weighted by atomic mass is 9.79. The summed E-state index contributed by atoms with van der Waals surface area (Å²) in [5.41, 5.74) is 0.162. The molecular weight excluding hydrogens is 188 g/mol. The maximum atomic E-state index is 5.56. The van der Waals surface area contributed by atoms with Crippen LogP contribution in [0.5, 0.6) is 0 Å². The Morgan fingerprint density at radius 1 is 1.33 bits per heavy atom. The molecule has 0 aromatic carbocycles. The first-order chi connectivity index (χ1) is 6.87. The minimum Gasteiger partial charge on any atom is -0.479 e. The zero-order valence-electron chi connectivity index (χ0n) is 10.7. The van der Waals surface area contributed by atoms with Crippen LogP contribution in [0.4, 0.5) is 0 Å². The lowest BCUT2D eigenvalue weighted by Crippen LogP contribution is -2.44. The first-order valence-corrected chi connectivity index (χ1v) is 5.80. The van der Waals surface area contributed by atoms with Crippen LogP contribution >= 0.6 is 0 Å². The van der Waals surface area contributed by atoms with Crippen molar-refractivity contribution in [3.63, 3.8) is 0 Å². The zero-order valence-corrected chi connectivity index (χ0v) is 10.7. The predicted molar refractivity (Wildman–Crippen MR) is 64.4 cm³/mol. The van der Waals surface area contributed by atoms with E-state index in [0.29, 0.717) is 0 Å². The maximum Gasteiger partial charge on any atom is 0.189 e. The topological polar surface area (TPSA) is 33.6 Å². The highest BCUT2D eigenvalue weighted by atomic mass is 16.5. The summed E-state index contributed by atoms with van der Waals surface area (Å²) in [6.07, 6.45) is 1.03. The van der Waals surface area contributed by atoms with Crippen molar-refractivity contribution < 1.29 is 4.74 Å². The van der Waals surface area contributed by atoms with Crippen LogP contribution in [0.1, 0.15) is 41.0 Å². The molecule has 0 fully saturated rings. The number of aliphatic imine (C=N–C) groups is 1. The van der Waals surface area contributed by atoms with Crippen LogP contribution in [0.15, 0.2) is 4.99 Å². The van der Waals surface area contributed by atoms with E-state index in [1.165, 1.54) is 0 Å². The van der Waals surface area contributed by atoms with E-state index in [2.05, 4.69) is 44.9 Å². The molecule has 0 atom stereocenters.